The summed E-state index contributed by atoms with van der Waals surface area (Å²) in [6, 6.07) is 7.39. The average molecular weight is 335 g/mol. The number of hydrogen-bond donors (Lipinski definition) is 1. The quantitative estimate of drug-likeness (QED) is 0.932. The van der Waals surface area contributed by atoms with E-state index >= 15 is 0 Å². The molecule has 0 saturated carbocycles. The molecule has 2 heterocycles. The fourth-order valence-electron chi connectivity index (χ4n) is 2.81. The van der Waals surface area contributed by atoms with Gasteiger partial charge in [0.15, 0.2) is 5.69 Å². The largest absolute Gasteiger partial charge is 0.476 e. The Bertz CT molecular complexity index is 736. The molecule has 1 N–H and O–H groups in total. The van der Waals surface area contributed by atoms with Gasteiger partial charge in [-0.1, -0.05) is 17.7 Å². The molecule has 0 radical (unpaired) electrons. The normalized spacial score (nSPS) is 15.9. The van der Waals surface area contributed by atoms with E-state index in [0.29, 0.717) is 5.02 Å². The number of nitrogens with zero attached hydrogens (tertiary/aromatic N) is 4. The number of aromatic carboxylic acids is 1. The van der Waals surface area contributed by atoms with Gasteiger partial charge in [-0.3, -0.25) is 4.68 Å². The van der Waals surface area contributed by atoms with Crippen molar-refractivity contribution in [2.24, 2.45) is 7.05 Å². The first kappa shape index (κ1) is 15.8. The summed E-state index contributed by atoms with van der Waals surface area (Å²) in [5.41, 5.74) is 2.63. The van der Waals surface area contributed by atoms with Crippen LogP contribution in [0.15, 0.2) is 24.3 Å². The Hall–Kier alpha value is -2.05. The van der Waals surface area contributed by atoms with Crippen molar-refractivity contribution in [1.29, 1.82) is 0 Å². The number of carboxylic acids is 1. The van der Waals surface area contributed by atoms with E-state index in [2.05, 4.69) is 21.9 Å². The van der Waals surface area contributed by atoms with Crippen molar-refractivity contribution in [3.8, 4) is 11.3 Å². The number of aromatic nitrogens is 2. The Morgan fingerprint density at radius 2 is 1.87 bits per heavy atom. The van der Waals surface area contributed by atoms with Gasteiger partial charge in [-0.15, -0.1) is 0 Å². The molecule has 23 heavy (non-hydrogen) atoms. The summed E-state index contributed by atoms with van der Waals surface area (Å²) in [5.74, 6) is -1.04. The Balaban J connectivity index is 1.89. The molecule has 0 amide bonds. The molecule has 0 unspecified atom stereocenters. The summed E-state index contributed by atoms with van der Waals surface area (Å²) in [6.07, 6.45) is 0. The van der Waals surface area contributed by atoms with Crippen molar-refractivity contribution >= 4 is 23.3 Å². The van der Waals surface area contributed by atoms with Gasteiger partial charge in [-0.25, -0.2) is 4.79 Å². The Morgan fingerprint density at radius 1 is 1.17 bits per heavy atom. The molecule has 1 aliphatic rings. The van der Waals surface area contributed by atoms with Gasteiger partial charge in [-0.2, -0.15) is 5.10 Å². The highest BCUT2D eigenvalue weighted by Gasteiger charge is 2.18. The van der Waals surface area contributed by atoms with Crippen molar-refractivity contribution in [1.82, 2.24) is 14.7 Å². The van der Waals surface area contributed by atoms with Gasteiger partial charge in [0, 0.05) is 38.8 Å². The van der Waals surface area contributed by atoms with E-state index < -0.39 is 5.97 Å². The smallest absolute Gasteiger partial charge is 0.356 e. The number of piperazine rings is 1. The lowest BCUT2D eigenvalue weighted by Gasteiger charge is -2.34. The minimum Gasteiger partial charge on any atom is -0.476 e. The summed E-state index contributed by atoms with van der Waals surface area (Å²) in [7, 11) is 3.84. The molecule has 0 aliphatic carbocycles. The van der Waals surface area contributed by atoms with E-state index in [4.69, 9.17) is 16.7 Å². The molecule has 1 fully saturated rings. The third-order valence-corrected chi connectivity index (χ3v) is 4.49. The maximum absolute atomic E-state index is 11.0. The lowest BCUT2D eigenvalue weighted by molar-refractivity contribution is 0.0689. The Morgan fingerprint density at radius 3 is 2.43 bits per heavy atom. The molecule has 2 aromatic rings. The number of halogens is 1. The zero-order chi connectivity index (χ0) is 16.6. The first-order chi connectivity index (χ1) is 11.0. The molecule has 0 bridgehead atoms. The lowest BCUT2D eigenvalue weighted by atomic mass is 10.1. The second-order valence-corrected chi connectivity index (χ2v) is 6.21. The predicted molar refractivity (Wildman–Crippen MR) is 90.3 cm³/mol. The van der Waals surface area contributed by atoms with Gasteiger partial charge >= 0.3 is 5.97 Å². The van der Waals surface area contributed by atoms with E-state index in [1.807, 2.05) is 18.2 Å². The number of hydrogen-bond acceptors (Lipinski definition) is 4. The number of anilines is 1. The third-order valence-electron chi connectivity index (χ3n) is 4.19. The van der Waals surface area contributed by atoms with E-state index in [-0.39, 0.29) is 5.69 Å². The molecular weight excluding hydrogens is 316 g/mol. The van der Waals surface area contributed by atoms with Crippen LogP contribution in [0.25, 0.3) is 11.3 Å². The van der Waals surface area contributed by atoms with Crippen molar-refractivity contribution in [3.05, 3.63) is 35.0 Å². The zero-order valence-electron chi connectivity index (χ0n) is 13.2. The van der Waals surface area contributed by atoms with Crippen LogP contribution in [0.1, 0.15) is 10.5 Å². The molecule has 7 heteroatoms. The third kappa shape index (κ3) is 3.18. The summed E-state index contributed by atoms with van der Waals surface area (Å²) in [6.45, 7) is 3.93. The highest BCUT2D eigenvalue weighted by atomic mass is 35.5. The SMILES string of the molecule is CN1CCN(c2ccc(-c3cc(C(=O)O)nn3C)cc2Cl)CC1. The van der Waals surface area contributed by atoms with Crippen LogP contribution in [-0.4, -0.2) is 59.0 Å². The van der Waals surface area contributed by atoms with Crippen molar-refractivity contribution in [3.63, 3.8) is 0 Å². The molecule has 0 atom stereocenters. The van der Waals surface area contributed by atoms with Crippen LogP contribution in [0.5, 0.6) is 0 Å². The fraction of sp³-hybridized carbons (Fsp3) is 0.375. The molecular formula is C16H19ClN4O2. The molecule has 122 valence electrons. The molecule has 1 saturated heterocycles. The highest BCUT2D eigenvalue weighted by molar-refractivity contribution is 6.33. The zero-order valence-corrected chi connectivity index (χ0v) is 13.9. The maximum Gasteiger partial charge on any atom is 0.356 e. The maximum atomic E-state index is 11.0. The molecule has 1 aromatic carbocycles. The lowest BCUT2D eigenvalue weighted by Crippen LogP contribution is -2.44. The monoisotopic (exact) mass is 334 g/mol. The number of carbonyl (C=O) groups is 1. The second-order valence-electron chi connectivity index (χ2n) is 5.80. The van der Waals surface area contributed by atoms with Crippen LogP contribution in [-0.2, 0) is 7.05 Å². The summed E-state index contributed by atoms with van der Waals surface area (Å²) < 4.78 is 1.56. The minimum absolute atomic E-state index is 0.0294. The van der Waals surface area contributed by atoms with Gasteiger partial charge in [-0.05, 0) is 25.2 Å². The van der Waals surface area contributed by atoms with Crippen LogP contribution in [0, 0.1) is 0 Å². The van der Waals surface area contributed by atoms with Crippen molar-refractivity contribution in [2.75, 3.05) is 38.1 Å². The average Bonchev–Trinajstić information content (AvgIpc) is 2.90. The summed E-state index contributed by atoms with van der Waals surface area (Å²) in [4.78, 5) is 15.6. The number of likely N-dealkylation sites (N-methyl/N-ethyl adjacent to an activating group) is 1. The van der Waals surface area contributed by atoms with E-state index in [1.165, 1.54) is 0 Å². The standard InChI is InChI=1S/C16H19ClN4O2/c1-19-5-7-21(8-6-19)14-4-3-11(9-12(14)17)15-10-13(16(22)23)18-20(15)2/h3-4,9-10H,5-8H2,1-2H3,(H,22,23). The number of benzene rings is 1. The van der Waals surface area contributed by atoms with Gasteiger partial charge in [0.2, 0.25) is 0 Å². The summed E-state index contributed by atoms with van der Waals surface area (Å²) >= 11 is 6.47. The van der Waals surface area contributed by atoms with Crippen LogP contribution >= 0.6 is 11.6 Å². The first-order valence-corrected chi connectivity index (χ1v) is 7.84. The fourth-order valence-corrected chi connectivity index (χ4v) is 3.11. The van der Waals surface area contributed by atoms with Crippen molar-refractivity contribution < 1.29 is 9.90 Å². The van der Waals surface area contributed by atoms with Crippen LogP contribution < -0.4 is 4.90 Å². The molecule has 6 nitrogen and oxygen atoms in total. The summed E-state index contributed by atoms with van der Waals surface area (Å²) in [5, 5.41) is 13.7. The van der Waals surface area contributed by atoms with E-state index in [9.17, 15) is 4.79 Å². The van der Waals surface area contributed by atoms with Gasteiger partial charge in [0.05, 0.1) is 16.4 Å². The van der Waals surface area contributed by atoms with Gasteiger partial charge < -0.3 is 14.9 Å². The molecule has 1 aliphatic heterocycles. The first-order valence-electron chi connectivity index (χ1n) is 7.46. The number of carboxylic acid groups (broad SMARTS) is 1. The Kier molecular flexibility index (Phi) is 4.28. The minimum atomic E-state index is -1.04. The second kappa shape index (κ2) is 6.22. The molecule has 3 rings (SSSR count). The van der Waals surface area contributed by atoms with E-state index in [1.54, 1.807) is 17.8 Å². The van der Waals surface area contributed by atoms with Crippen LogP contribution in [0.3, 0.4) is 0 Å². The van der Waals surface area contributed by atoms with Crippen LogP contribution in [0.2, 0.25) is 5.02 Å². The Labute approximate surface area is 139 Å². The molecule has 0 spiro atoms. The van der Waals surface area contributed by atoms with Gasteiger partial charge in [0.25, 0.3) is 0 Å². The van der Waals surface area contributed by atoms with Crippen LogP contribution in [0.4, 0.5) is 5.69 Å². The van der Waals surface area contributed by atoms with Gasteiger partial charge in [0.1, 0.15) is 0 Å². The molecule has 1 aromatic heterocycles. The van der Waals surface area contributed by atoms with Crippen molar-refractivity contribution in [2.45, 2.75) is 0 Å². The number of aryl methyl sites for hydroxylation is 1. The predicted octanol–water partition coefficient (Wildman–Crippen LogP) is 2.19. The topological polar surface area (TPSA) is 61.6 Å². The highest BCUT2D eigenvalue weighted by Crippen LogP contribution is 2.31. The van der Waals surface area contributed by atoms with E-state index in [0.717, 1.165) is 43.1 Å². The number of rotatable bonds is 3.